The molecule has 0 atom stereocenters. The molecular formula is C22H15ClN4OS. The van der Waals surface area contributed by atoms with Crippen LogP contribution >= 0.6 is 22.9 Å². The van der Waals surface area contributed by atoms with Crippen LogP contribution in [0.15, 0.2) is 73.2 Å². The molecule has 1 N–H and O–H groups in total. The summed E-state index contributed by atoms with van der Waals surface area (Å²) in [5, 5.41) is 5.14. The van der Waals surface area contributed by atoms with Crippen LogP contribution in [0.3, 0.4) is 0 Å². The number of nitrogens with zero attached hydrogens (tertiary/aromatic N) is 3. The van der Waals surface area contributed by atoms with Gasteiger partial charge in [0.15, 0.2) is 5.82 Å². The van der Waals surface area contributed by atoms with Crippen molar-refractivity contribution < 1.29 is 4.74 Å². The molecule has 0 amide bonds. The van der Waals surface area contributed by atoms with Crippen molar-refractivity contribution in [2.75, 3.05) is 5.32 Å². The Kier molecular flexibility index (Phi) is 4.71. The number of anilines is 2. The van der Waals surface area contributed by atoms with Gasteiger partial charge in [0.05, 0.1) is 10.2 Å². The summed E-state index contributed by atoms with van der Waals surface area (Å²) >= 11 is 7.50. The molecule has 5 rings (SSSR count). The molecule has 29 heavy (non-hydrogen) atoms. The minimum Gasteiger partial charge on any atom is -0.489 e. The van der Waals surface area contributed by atoms with E-state index in [1.165, 1.54) is 0 Å². The third kappa shape index (κ3) is 3.72. The lowest BCUT2D eigenvalue weighted by Gasteiger charge is -2.09. The van der Waals surface area contributed by atoms with E-state index in [0.717, 1.165) is 48.3 Å². The fourth-order valence-electron chi connectivity index (χ4n) is 3.02. The highest BCUT2D eigenvalue weighted by molar-refractivity contribution is 7.25. The maximum atomic E-state index is 5.91. The first-order chi connectivity index (χ1) is 14.3. The Morgan fingerprint density at radius 3 is 2.59 bits per heavy atom. The van der Waals surface area contributed by atoms with Crippen LogP contribution in [-0.2, 0) is 6.61 Å². The smallest absolute Gasteiger partial charge is 0.151 e. The Hall–Kier alpha value is -3.22. The topological polar surface area (TPSA) is 59.9 Å². The SMILES string of the molecule is Clc1ccc(COc2ccc(Nc3ncnc4c3sc3ncccc34)cc2)cc1. The third-order valence-corrected chi connectivity index (χ3v) is 5.83. The highest BCUT2D eigenvalue weighted by atomic mass is 35.5. The summed E-state index contributed by atoms with van der Waals surface area (Å²) in [6, 6.07) is 19.4. The van der Waals surface area contributed by atoms with Gasteiger partial charge in [-0.2, -0.15) is 0 Å². The second kappa shape index (κ2) is 7.66. The molecule has 0 aliphatic carbocycles. The van der Waals surface area contributed by atoms with E-state index in [0.29, 0.717) is 6.61 Å². The van der Waals surface area contributed by atoms with Crippen molar-refractivity contribution in [3.8, 4) is 5.75 Å². The zero-order valence-electron chi connectivity index (χ0n) is 15.2. The quantitative estimate of drug-likeness (QED) is 0.367. The third-order valence-electron chi connectivity index (χ3n) is 4.46. The lowest BCUT2D eigenvalue weighted by Crippen LogP contribution is -1.96. The maximum absolute atomic E-state index is 5.91. The number of aromatic nitrogens is 3. The van der Waals surface area contributed by atoms with Gasteiger partial charge >= 0.3 is 0 Å². The highest BCUT2D eigenvalue weighted by Gasteiger charge is 2.12. The first kappa shape index (κ1) is 17.8. The van der Waals surface area contributed by atoms with E-state index >= 15 is 0 Å². The molecule has 0 saturated carbocycles. The largest absolute Gasteiger partial charge is 0.489 e. The summed E-state index contributed by atoms with van der Waals surface area (Å²) in [6.45, 7) is 0.491. The number of benzene rings is 2. The molecule has 5 nitrogen and oxygen atoms in total. The average molecular weight is 419 g/mol. The van der Waals surface area contributed by atoms with Gasteiger partial charge in [0.1, 0.15) is 23.5 Å². The molecule has 0 radical (unpaired) electrons. The van der Waals surface area contributed by atoms with Crippen LogP contribution in [0.4, 0.5) is 11.5 Å². The molecule has 142 valence electrons. The monoisotopic (exact) mass is 418 g/mol. The normalized spacial score (nSPS) is 11.1. The van der Waals surface area contributed by atoms with Crippen LogP contribution < -0.4 is 10.1 Å². The first-order valence-electron chi connectivity index (χ1n) is 8.99. The highest BCUT2D eigenvalue weighted by Crippen LogP contribution is 2.35. The molecule has 0 fully saturated rings. The lowest BCUT2D eigenvalue weighted by molar-refractivity contribution is 0.306. The van der Waals surface area contributed by atoms with E-state index < -0.39 is 0 Å². The fraction of sp³-hybridized carbons (Fsp3) is 0.0455. The van der Waals surface area contributed by atoms with Crippen LogP contribution in [0.5, 0.6) is 5.75 Å². The average Bonchev–Trinajstić information content (AvgIpc) is 3.14. The molecule has 5 aromatic rings. The predicted octanol–water partition coefficient (Wildman–Crippen LogP) is 6.22. The van der Waals surface area contributed by atoms with Gasteiger partial charge in [0.2, 0.25) is 0 Å². The van der Waals surface area contributed by atoms with Gasteiger partial charge in [-0.1, -0.05) is 23.7 Å². The Morgan fingerprint density at radius 2 is 1.76 bits per heavy atom. The standard InChI is InChI=1S/C22H15ClN4OS/c23-15-5-3-14(4-6-15)12-28-17-9-7-16(8-10-17)27-21-20-19(25-13-26-21)18-2-1-11-24-22(18)29-20/h1-11,13H,12H2,(H,25,26,27). The molecular weight excluding hydrogens is 404 g/mol. The molecule has 0 unspecified atom stereocenters. The summed E-state index contributed by atoms with van der Waals surface area (Å²) in [4.78, 5) is 14.2. The number of pyridine rings is 1. The molecule has 0 aliphatic heterocycles. The zero-order chi connectivity index (χ0) is 19.6. The van der Waals surface area contributed by atoms with Gasteiger partial charge in [0.25, 0.3) is 0 Å². The van der Waals surface area contributed by atoms with Gasteiger partial charge in [-0.3, -0.25) is 0 Å². The van der Waals surface area contributed by atoms with Crippen molar-refractivity contribution in [3.63, 3.8) is 0 Å². The van der Waals surface area contributed by atoms with Crippen LogP contribution in [-0.4, -0.2) is 15.0 Å². The molecule has 3 aromatic heterocycles. The minimum absolute atomic E-state index is 0.491. The van der Waals surface area contributed by atoms with E-state index in [9.17, 15) is 0 Å². The lowest BCUT2D eigenvalue weighted by atomic mass is 10.2. The summed E-state index contributed by atoms with van der Waals surface area (Å²) in [7, 11) is 0. The van der Waals surface area contributed by atoms with Crippen molar-refractivity contribution in [1.29, 1.82) is 0 Å². The number of rotatable bonds is 5. The van der Waals surface area contributed by atoms with Gasteiger partial charge in [-0.25, -0.2) is 15.0 Å². The summed E-state index contributed by atoms with van der Waals surface area (Å²) < 4.78 is 6.83. The summed E-state index contributed by atoms with van der Waals surface area (Å²) in [6.07, 6.45) is 3.37. The zero-order valence-corrected chi connectivity index (χ0v) is 16.7. The van der Waals surface area contributed by atoms with Gasteiger partial charge in [-0.05, 0) is 54.1 Å². The number of hydrogen-bond acceptors (Lipinski definition) is 6. The van der Waals surface area contributed by atoms with Crippen LogP contribution in [0.1, 0.15) is 5.56 Å². The Labute approximate surface area is 176 Å². The van der Waals surface area contributed by atoms with Crippen molar-refractivity contribution >= 4 is 54.9 Å². The van der Waals surface area contributed by atoms with E-state index in [2.05, 4.69) is 20.3 Å². The molecule has 0 saturated heterocycles. The second-order valence-electron chi connectivity index (χ2n) is 6.42. The second-order valence-corrected chi connectivity index (χ2v) is 7.86. The first-order valence-corrected chi connectivity index (χ1v) is 10.2. The Morgan fingerprint density at radius 1 is 0.931 bits per heavy atom. The van der Waals surface area contributed by atoms with Crippen molar-refractivity contribution in [3.05, 3.63) is 83.8 Å². The molecule has 3 heterocycles. The molecule has 0 bridgehead atoms. The van der Waals surface area contributed by atoms with Crippen LogP contribution in [0.25, 0.3) is 20.4 Å². The molecule has 2 aromatic carbocycles. The van der Waals surface area contributed by atoms with Crippen LogP contribution in [0.2, 0.25) is 5.02 Å². The molecule has 0 aliphatic rings. The van der Waals surface area contributed by atoms with Gasteiger partial charge in [-0.15, -0.1) is 11.3 Å². The predicted molar refractivity (Wildman–Crippen MR) is 118 cm³/mol. The number of thiophene rings is 1. The van der Waals surface area contributed by atoms with Crippen molar-refractivity contribution in [2.24, 2.45) is 0 Å². The summed E-state index contributed by atoms with van der Waals surface area (Å²) in [5.41, 5.74) is 2.91. The Balaban J connectivity index is 1.34. The fourth-order valence-corrected chi connectivity index (χ4v) is 4.19. The minimum atomic E-state index is 0.491. The Bertz CT molecular complexity index is 1290. The van der Waals surface area contributed by atoms with Gasteiger partial charge < -0.3 is 10.1 Å². The van der Waals surface area contributed by atoms with Crippen LogP contribution in [0, 0.1) is 0 Å². The number of nitrogens with one attached hydrogen (secondary N) is 1. The number of halogens is 1. The molecule has 0 spiro atoms. The summed E-state index contributed by atoms with van der Waals surface area (Å²) in [5.74, 6) is 1.57. The van der Waals surface area contributed by atoms with E-state index in [4.69, 9.17) is 16.3 Å². The number of ether oxygens (including phenoxy) is 1. The van der Waals surface area contributed by atoms with E-state index in [1.807, 2.05) is 60.7 Å². The number of fused-ring (bicyclic) bond motifs is 3. The number of hydrogen-bond donors (Lipinski definition) is 1. The van der Waals surface area contributed by atoms with Crippen molar-refractivity contribution in [2.45, 2.75) is 6.61 Å². The van der Waals surface area contributed by atoms with Gasteiger partial charge in [0, 0.05) is 22.3 Å². The van der Waals surface area contributed by atoms with E-state index in [1.54, 1.807) is 23.9 Å². The maximum Gasteiger partial charge on any atom is 0.151 e. The van der Waals surface area contributed by atoms with Crippen molar-refractivity contribution in [1.82, 2.24) is 15.0 Å². The van der Waals surface area contributed by atoms with E-state index in [-0.39, 0.29) is 0 Å². The molecule has 7 heteroatoms.